The van der Waals surface area contributed by atoms with Crippen molar-refractivity contribution in [1.29, 1.82) is 0 Å². The number of hydrogen-bond acceptors (Lipinski definition) is 4. The molecule has 30 heavy (non-hydrogen) atoms. The van der Waals surface area contributed by atoms with E-state index in [-0.39, 0.29) is 17.4 Å². The molecule has 0 atom stereocenters. The van der Waals surface area contributed by atoms with Gasteiger partial charge in [-0.1, -0.05) is 18.2 Å². The molecule has 3 aromatic carbocycles. The summed E-state index contributed by atoms with van der Waals surface area (Å²) in [6.07, 6.45) is 0. The highest BCUT2D eigenvalue weighted by Gasteiger charge is 2.09. The first-order valence-corrected chi connectivity index (χ1v) is 10.7. The number of carbonyl (C=O) groups excluding carboxylic acids is 1. The Morgan fingerprint density at radius 3 is 2.33 bits per heavy atom. The first-order valence-electron chi connectivity index (χ1n) is 9.12. The number of anilines is 1. The number of rotatable bonds is 6. The van der Waals surface area contributed by atoms with E-state index < -0.39 is 10.0 Å². The van der Waals surface area contributed by atoms with Crippen LogP contribution in [0.5, 0.6) is 5.75 Å². The van der Waals surface area contributed by atoms with Crippen LogP contribution in [0.2, 0.25) is 0 Å². The number of carbonyl (C=O) groups is 1. The lowest BCUT2D eigenvalue weighted by Gasteiger charge is -2.08. The van der Waals surface area contributed by atoms with E-state index in [9.17, 15) is 13.2 Å². The lowest BCUT2D eigenvalue weighted by atomic mass is 10.1. The van der Waals surface area contributed by atoms with Gasteiger partial charge in [0.25, 0.3) is 5.91 Å². The Bertz CT molecular complexity index is 1260. The Labute approximate surface area is 173 Å². The molecule has 0 fully saturated rings. The Morgan fingerprint density at radius 1 is 0.967 bits per heavy atom. The van der Waals surface area contributed by atoms with Crippen molar-refractivity contribution in [1.82, 2.24) is 4.98 Å². The number of benzene rings is 3. The second-order valence-corrected chi connectivity index (χ2v) is 8.26. The molecule has 4 N–H and O–H groups in total. The van der Waals surface area contributed by atoms with Gasteiger partial charge in [-0.05, 0) is 66.2 Å². The molecule has 1 heterocycles. The third kappa shape index (κ3) is 4.51. The number of H-pyrrole nitrogens is 1. The first kappa shape index (κ1) is 19.7. The summed E-state index contributed by atoms with van der Waals surface area (Å²) in [7, 11) is -3.77. The van der Waals surface area contributed by atoms with Gasteiger partial charge < -0.3 is 15.0 Å². The quantitative estimate of drug-likeness (QED) is 0.442. The fraction of sp³-hybridized carbons (Fsp3) is 0.0455. The molecule has 8 heteroatoms. The number of nitrogens with one attached hydrogen (secondary N) is 2. The van der Waals surface area contributed by atoms with Crippen molar-refractivity contribution >= 4 is 32.5 Å². The maximum atomic E-state index is 12.1. The number of amides is 1. The van der Waals surface area contributed by atoms with Gasteiger partial charge >= 0.3 is 0 Å². The molecule has 0 aliphatic rings. The number of fused-ring (bicyclic) bond motifs is 1. The average Bonchev–Trinajstić information content (AvgIpc) is 3.17. The van der Waals surface area contributed by atoms with Crippen molar-refractivity contribution in [2.75, 3.05) is 11.9 Å². The van der Waals surface area contributed by atoms with E-state index in [1.54, 1.807) is 12.1 Å². The van der Waals surface area contributed by atoms with Gasteiger partial charge in [-0.15, -0.1) is 0 Å². The number of ether oxygens (including phenoxy) is 1. The number of primary sulfonamides is 1. The summed E-state index contributed by atoms with van der Waals surface area (Å²) < 4.78 is 28.0. The van der Waals surface area contributed by atoms with E-state index in [2.05, 4.69) is 16.4 Å². The maximum Gasteiger partial charge on any atom is 0.262 e. The van der Waals surface area contributed by atoms with Crippen LogP contribution in [0.3, 0.4) is 0 Å². The van der Waals surface area contributed by atoms with Gasteiger partial charge in [0, 0.05) is 22.3 Å². The molecule has 0 unspecified atom stereocenters. The predicted molar refractivity (Wildman–Crippen MR) is 116 cm³/mol. The summed E-state index contributed by atoms with van der Waals surface area (Å²) in [5, 5.41) is 8.83. The van der Waals surface area contributed by atoms with Gasteiger partial charge in [-0.3, -0.25) is 4.79 Å². The van der Waals surface area contributed by atoms with E-state index in [4.69, 9.17) is 9.88 Å². The lowest BCUT2D eigenvalue weighted by Crippen LogP contribution is -2.20. The van der Waals surface area contributed by atoms with Crippen LogP contribution in [0, 0.1) is 0 Å². The van der Waals surface area contributed by atoms with Crippen LogP contribution < -0.4 is 15.2 Å². The minimum Gasteiger partial charge on any atom is -0.484 e. The lowest BCUT2D eigenvalue weighted by molar-refractivity contribution is -0.118. The highest BCUT2D eigenvalue weighted by Crippen LogP contribution is 2.25. The fourth-order valence-electron chi connectivity index (χ4n) is 3.03. The number of sulfonamides is 1. The molecule has 4 aromatic rings. The third-order valence-corrected chi connectivity index (χ3v) is 5.46. The fourth-order valence-corrected chi connectivity index (χ4v) is 3.55. The van der Waals surface area contributed by atoms with Gasteiger partial charge in [0.1, 0.15) is 5.75 Å². The van der Waals surface area contributed by atoms with Crippen molar-refractivity contribution in [3.8, 4) is 17.0 Å². The summed E-state index contributed by atoms with van der Waals surface area (Å²) in [4.78, 5) is 15.4. The standard InChI is InChI=1S/C22H19N3O4S/c23-30(27,28)19-11-7-17(8-12-19)24-22(26)14-29-18-9-5-15(6-10-18)21-13-16-3-1-2-4-20(16)25-21/h1-13,25H,14H2,(H,24,26)(H2,23,27,28). The monoisotopic (exact) mass is 421 g/mol. The van der Waals surface area contributed by atoms with Crippen molar-refractivity contribution in [2.45, 2.75) is 4.90 Å². The summed E-state index contributed by atoms with van der Waals surface area (Å²) in [5.74, 6) is 0.202. The molecule has 0 spiro atoms. The Balaban J connectivity index is 1.35. The third-order valence-electron chi connectivity index (χ3n) is 4.53. The van der Waals surface area contributed by atoms with E-state index in [1.807, 2.05) is 36.4 Å². The normalized spacial score (nSPS) is 11.4. The summed E-state index contributed by atoms with van der Waals surface area (Å²) in [6, 6.07) is 23.2. The maximum absolute atomic E-state index is 12.1. The van der Waals surface area contributed by atoms with Gasteiger partial charge in [0.15, 0.2) is 6.61 Å². The zero-order valence-corrected chi connectivity index (χ0v) is 16.6. The average molecular weight is 421 g/mol. The highest BCUT2D eigenvalue weighted by molar-refractivity contribution is 7.89. The van der Waals surface area contributed by atoms with Crippen LogP contribution >= 0.6 is 0 Å². The van der Waals surface area contributed by atoms with Crippen molar-refractivity contribution in [2.24, 2.45) is 5.14 Å². The number of hydrogen-bond donors (Lipinski definition) is 3. The Kier molecular flexibility index (Phi) is 5.26. The summed E-state index contributed by atoms with van der Waals surface area (Å²) in [5.41, 5.74) is 3.54. The van der Waals surface area contributed by atoms with E-state index in [1.165, 1.54) is 24.3 Å². The number of aromatic amines is 1. The molecular weight excluding hydrogens is 402 g/mol. The minimum absolute atomic E-state index is 0.0215. The van der Waals surface area contributed by atoms with Crippen LogP contribution in [0.15, 0.2) is 83.8 Å². The van der Waals surface area contributed by atoms with Crippen LogP contribution in [-0.2, 0) is 14.8 Å². The second kappa shape index (κ2) is 8.02. The van der Waals surface area contributed by atoms with Crippen LogP contribution in [-0.4, -0.2) is 25.9 Å². The topological polar surface area (TPSA) is 114 Å². The molecule has 0 saturated carbocycles. The molecular formula is C22H19N3O4S. The molecule has 4 rings (SSSR count). The molecule has 1 amide bonds. The molecule has 0 bridgehead atoms. The van der Waals surface area contributed by atoms with Gasteiger partial charge in [-0.2, -0.15) is 0 Å². The van der Waals surface area contributed by atoms with Gasteiger partial charge in [0.2, 0.25) is 10.0 Å². The van der Waals surface area contributed by atoms with Gasteiger partial charge in [-0.25, -0.2) is 13.6 Å². The molecule has 0 saturated heterocycles. The summed E-state index contributed by atoms with van der Waals surface area (Å²) >= 11 is 0. The molecule has 0 aliphatic heterocycles. The number of nitrogens with two attached hydrogens (primary N) is 1. The smallest absolute Gasteiger partial charge is 0.262 e. The van der Waals surface area contributed by atoms with Crippen LogP contribution in [0.4, 0.5) is 5.69 Å². The zero-order chi connectivity index (χ0) is 21.1. The van der Waals surface area contributed by atoms with Crippen LogP contribution in [0.1, 0.15) is 0 Å². The molecule has 152 valence electrons. The van der Waals surface area contributed by atoms with Crippen molar-refractivity contribution < 1.29 is 17.9 Å². The van der Waals surface area contributed by atoms with Crippen LogP contribution in [0.25, 0.3) is 22.2 Å². The highest BCUT2D eigenvalue weighted by atomic mass is 32.2. The van der Waals surface area contributed by atoms with Crippen molar-refractivity contribution in [3.63, 3.8) is 0 Å². The first-order chi connectivity index (χ1) is 14.4. The number of para-hydroxylation sites is 1. The van der Waals surface area contributed by atoms with E-state index in [0.717, 1.165) is 22.2 Å². The molecule has 0 aliphatic carbocycles. The predicted octanol–water partition coefficient (Wildman–Crippen LogP) is 3.50. The molecule has 0 radical (unpaired) electrons. The largest absolute Gasteiger partial charge is 0.484 e. The SMILES string of the molecule is NS(=O)(=O)c1ccc(NC(=O)COc2ccc(-c3cc4ccccc4[nH]3)cc2)cc1. The Hall–Kier alpha value is -3.62. The minimum atomic E-state index is -3.77. The molecule has 7 nitrogen and oxygen atoms in total. The van der Waals surface area contributed by atoms with Gasteiger partial charge in [0.05, 0.1) is 4.90 Å². The number of aromatic nitrogens is 1. The van der Waals surface area contributed by atoms with E-state index >= 15 is 0 Å². The zero-order valence-electron chi connectivity index (χ0n) is 15.8. The second-order valence-electron chi connectivity index (χ2n) is 6.70. The summed E-state index contributed by atoms with van der Waals surface area (Å²) in [6.45, 7) is -0.178. The van der Waals surface area contributed by atoms with Crippen molar-refractivity contribution in [3.05, 3.63) is 78.9 Å². The van der Waals surface area contributed by atoms with E-state index in [0.29, 0.717) is 11.4 Å². The molecule has 1 aromatic heterocycles. The Morgan fingerprint density at radius 2 is 1.67 bits per heavy atom.